The average molecular weight is 257 g/mol. The standard InChI is InChI=1S/C12H14ClFN2O/c1-2-3-4-9(17)10-11(14)8(13)5-7-6-15-16-12(7)10/h5-6,9,17H,2-4H2,1H3,(H,15,16). The number of aliphatic hydroxyl groups is 1. The summed E-state index contributed by atoms with van der Waals surface area (Å²) in [6.45, 7) is 2.02. The van der Waals surface area contributed by atoms with Gasteiger partial charge in [0, 0.05) is 10.9 Å². The quantitative estimate of drug-likeness (QED) is 0.878. The van der Waals surface area contributed by atoms with E-state index in [1.807, 2.05) is 6.92 Å². The van der Waals surface area contributed by atoms with Crippen LogP contribution < -0.4 is 0 Å². The second kappa shape index (κ2) is 5.02. The third-order valence-electron chi connectivity index (χ3n) is 2.83. The molecule has 0 saturated carbocycles. The molecular weight excluding hydrogens is 243 g/mol. The van der Waals surface area contributed by atoms with E-state index in [1.165, 1.54) is 6.07 Å². The SMILES string of the molecule is CCCCC(O)c1c(F)c(Cl)cc2cn[nH]c12. The van der Waals surface area contributed by atoms with E-state index in [4.69, 9.17) is 11.6 Å². The lowest BCUT2D eigenvalue weighted by molar-refractivity contribution is 0.161. The lowest BCUT2D eigenvalue weighted by Crippen LogP contribution is -2.02. The first-order valence-electron chi connectivity index (χ1n) is 5.64. The first kappa shape index (κ1) is 12.3. The zero-order chi connectivity index (χ0) is 12.4. The second-order valence-electron chi connectivity index (χ2n) is 4.08. The average Bonchev–Trinajstić information content (AvgIpc) is 2.74. The van der Waals surface area contributed by atoms with Crippen molar-refractivity contribution in [3.8, 4) is 0 Å². The minimum Gasteiger partial charge on any atom is -0.388 e. The van der Waals surface area contributed by atoms with Crippen molar-refractivity contribution in [3.63, 3.8) is 0 Å². The summed E-state index contributed by atoms with van der Waals surface area (Å²) in [5, 5.41) is 17.3. The molecule has 0 aliphatic rings. The predicted octanol–water partition coefficient (Wildman–Crippen LogP) is 3.58. The summed E-state index contributed by atoms with van der Waals surface area (Å²) in [5.41, 5.74) is 0.744. The Bertz CT molecular complexity index is 526. The van der Waals surface area contributed by atoms with Crippen LogP contribution in [-0.4, -0.2) is 15.3 Å². The normalized spacial score (nSPS) is 13.2. The van der Waals surface area contributed by atoms with Gasteiger partial charge in [-0.05, 0) is 12.5 Å². The number of H-pyrrole nitrogens is 1. The highest BCUT2D eigenvalue weighted by molar-refractivity contribution is 6.31. The highest BCUT2D eigenvalue weighted by atomic mass is 35.5. The molecule has 0 aliphatic heterocycles. The van der Waals surface area contributed by atoms with Crippen molar-refractivity contribution in [1.82, 2.24) is 10.2 Å². The van der Waals surface area contributed by atoms with E-state index >= 15 is 0 Å². The first-order chi connectivity index (χ1) is 8.15. The molecule has 2 N–H and O–H groups in total. The lowest BCUT2D eigenvalue weighted by Gasteiger charge is -2.13. The zero-order valence-corrected chi connectivity index (χ0v) is 10.3. The zero-order valence-electron chi connectivity index (χ0n) is 9.50. The van der Waals surface area contributed by atoms with Gasteiger partial charge in [0.15, 0.2) is 0 Å². The van der Waals surface area contributed by atoms with Crippen LogP contribution in [0.1, 0.15) is 37.9 Å². The molecule has 0 radical (unpaired) electrons. The summed E-state index contributed by atoms with van der Waals surface area (Å²) in [6.07, 6.45) is 3.02. The molecule has 92 valence electrons. The van der Waals surface area contributed by atoms with E-state index in [2.05, 4.69) is 10.2 Å². The van der Waals surface area contributed by atoms with Gasteiger partial charge in [0.1, 0.15) is 5.82 Å². The highest BCUT2D eigenvalue weighted by Crippen LogP contribution is 2.32. The Morgan fingerprint density at radius 3 is 3.06 bits per heavy atom. The van der Waals surface area contributed by atoms with E-state index < -0.39 is 11.9 Å². The monoisotopic (exact) mass is 256 g/mol. The summed E-state index contributed by atoms with van der Waals surface area (Å²) in [4.78, 5) is 0. The molecule has 0 amide bonds. The van der Waals surface area contributed by atoms with E-state index in [0.29, 0.717) is 17.3 Å². The third kappa shape index (κ3) is 2.28. The molecule has 3 nitrogen and oxygen atoms in total. The van der Waals surface area contributed by atoms with Crippen molar-refractivity contribution in [2.24, 2.45) is 0 Å². The first-order valence-corrected chi connectivity index (χ1v) is 6.02. The third-order valence-corrected chi connectivity index (χ3v) is 3.11. The molecule has 0 saturated heterocycles. The van der Waals surface area contributed by atoms with E-state index in [1.54, 1.807) is 6.20 Å². The van der Waals surface area contributed by atoms with Gasteiger partial charge >= 0.3 is 0 Å². The van der Waals surface area contributed by atoms with Crippen LogP contribution in [0.3, 0.4) is 0 Å². The van der Waals surface area contributed by atoms with Crippen molar-refractivity contribution in [2.45, 2.75) is 32.3 Å². The molecule has 0 aliphatic carbocycles. The smallest absolute Gasteiger partial charge is 0.149 e. The Morgan fingerprint density at radius 2 is 2.35 bits per heavy atom. The number of aliphatic hydroxyl groups excluding tert-OH is 1. The molecule has 0 spiro atoms. The molecule has 0 fully saturated rings. The van der Waals surface area contributed by atoms with E-state index in [9.17, 15) is 9.50 Å². The van der Waals surface area contributed by atoms with Crippen molar-refractivity contribution in [1.29, 1.82) is 0 Å². The number of hydrogen-bond acceptors (Lipinski definition) is 2. The summed E-state index contributed by atoms with van der Waals surface area (Å²) in [5.74, 6) is -0.563. The number of aromatic amines is 1. The topological polar surface area (TPSA) is 48.9 Å². The molecule has 1 aromatic heterocycles. The van der Waals surface area contributed by atoms with Gasteiger partial charge in [-0.25, -0.2) is 4.39 Å². The number of unbranched alkanes of at least 4 members (excludes halogenated alkanes) is 1. The van der Waals surface area contributed by atoms with Gasteiger partial charge in [-0.1, -0.05) is 31.4 Å². The number of fused-ring (bicyclic) bond motifs is 1. The van der Waals surface area contributed by atoms with Crippen LogP contribution in [0.2, 0.25) is 5.02 Å². The van der Waals surface area contributed by atoms with E-state index in [-0.39, 0.29) is 10.6 Å². The maximum absolute atomic E-state index is 13.9. The van der Waals surface area contributed by atoms with Gasteiger partial charge < -0.3 is 5.11 Å². The number of hydrogen-bond donors (Lipinski definition) is 2. The lowest BCUT2D eigenvalue weighted by atomic mass is 10.0. The number of nitrogens with one attached hydrogen (secondary N) is 1. The number of benzene rings is 1. The van der Waals surface area contributed by atoms with Gasteiger partial charge in [-0.3, -0.25) is 5.10 Å². The molecule has 5 heteroatoms. The molecule has 1 atom stereocenters. The van der Waals surface area contributed by atoms with Crippen LogP contribution in [0.4, 0.5) is 4.39 Å². The van der Waals surface area contributed by atoms with Gasteiger partial charge in [-0.2, -0.15) is 5.10 Å². The minimum absolute atomic E-state index is 0.0180. The predicted molar refractivity (Wildman–Crippen MR) is 65.5 cm³/mol. The molecule has 0 bridgehead atoms. The summed E-state index contributed by atoms with van der Waals surface area (Å²) in [6, 6.07) is 1.51. The Kier molecular flexibility index (Phi) is 3.64. The maximum atomic E-state index is 13.9. The summed E-state index contributed by atoms with van der Waals surface area (Å²) < 4.78 is 13.9. The van der Waals surface area contributed by atoms with Crippen LogP contribution in [-0.2, 0) is 0 Å². The van der Waals surface area contributed by atoms with Gasteiger partial charge in [0.2, 0.25) is 0 Å². The minimum atomic E-state index is -0.850. The van der Waals surface area contributed by atoms with Gasteiger partial charge in [0.25, 0.3) is 0 Å². The Balaban J connectivity index is 2.49. The summed E-state index contributed by atoms with van der Waals surface area (Å²) >= 11 is 5.80. The van der Waals surface area contributed by atoms with Crippen molar-refractivity contribution in [3.05, 3.63) is 28.7 Å². The van der Waals surface area contributed by atoms with Crippen molar-refractivity contribution >= 4 is 22.5 Å². The van der Waals surface area contributed by atoms with Gasteiger partial charge in [-0.15, -0.1) is 0 Å². The molecule has 1 unspecified atom stereocenters. The fourth-order valence-corrected chi connectivity index (χ4v) is 2.13. The Labute approximate surface area is 104 Å². The van der Waals surface area contributed by atoms with Gasteiger partial charge in [0.05, 0.1) is 22.8 Å². The van der Waals surface area contributed by atoms with Crippen LogP contribution in [0, 0.1) is 5.82 Å². The number of halogens is 2. The molecule has 2 aromatic rings. The molecular formula is C12H14ClFN2O. The van der Waals surface area contributed by atoms with Crippen LogP contribution in [0.5, 0.6) is 0 Å². The largest absolute Gasteiger partial charge is 0.388 e. The number of aromatic nitrogens is 2. The van der Waals surface area contributed by atoms with Crippen LogP contribution in [0.25, 0.3) is 10.9 Å². The number of nitrogens with zero attached hydrogens (tertiary/aromatic N) is 1. The maximum Gasteiger partial charge on any atom is 0.149 e. The fourth-order valence-electron chi connectivity index (χ4n) is 1.91. The Hall–Kier alpha value is -1.13. The molecule has 2 rings (SSSR count). The summed E-state index contributed by atoms with van der Waals surface area (Å²) in [7, 11) is 0. The van der Waals surface area contributed by atoms with Crippen LogP contribution >= 0.6 is 11.6 Å². The van der Waals surface area contributed by atoms with Crippen molar-refractivity contribution < 1.29 is 9.50 Å². The molecule has 1 aromatic carbocycles. The molecule has 1 heterocycles. The van der Waals surface area contributed by atoms with E-state index in [0.717, 1.165) is 12.8 Å². The van der Waals surface area contributed by atoms with Crippen LogP contribution in [0.15, 0.2) is 12.3 Å². The van der Waals surface area contributed by atoms with Crippen molar-refractivity contribution in [2.75, 3.05) is 0 Å². The number of rotatable bonds is 4. The Morgan fingerprint density at radius 1 is 1.59 bits per heavy atom. The molecule has 17 heavy (non-hydrogen) atoms. The second-order valence-corrected chi connectivity index (χ2v) is 4.49. The fraction of sp³-hybridized carbons (Fsp3) is 0.417. The highest BCUT2D eigenvalue weighted by Gasteiger charge is 2.20.